The van der Waals surface area contributed by atoms with Crippen LogP contribution in [0.2, 0.25) is 5.02 Å². The first-order chi connectivity index (χ1) is 15.8. The minimum Gasteiger partial charge on any atom is -0.487 e. The molecule has 9 heteroatoms. The predicted molar refractivity (Wildman–Crippen MR) is 123 cm³/mol. The molecular weight excluding hydrogens is 471 g/mol. The summed E-state index contributed by atoms with van der Waals surface area (Å²) < 4.78 is 44.4. The fourth-order valence-electron chi connectivity index (χ4n) is 3.40. The second-order valence-corrected chi connectivity index (χ2v) is 9.34. The van der Waals surface area contributed by atoms with E-state index in [1.54, 1.807) is 45.0 Å². The van der Waals surface area contributed by atoms with Crippen molar-refractivity contribution in [3.63, 3.8) is 0 Å². The number of carbonyl (C=O) groups excluding carboxylic acids is 1. The van der Waals surface area contributed by atoms with Gasteiger partial charge < -0.3 is 15.2 Å². The van der Waals surface area contributed by atoms with Crippen LogP contribution in [0.5, 0.6) is 5.75 Å². The van der Waals surface area contributed by atoms with Crippen molar-refractivity contribution in [2.24, 2.45) is 5.41 Å². The highest BCUT2D eigenvalue weighted by Crippen LogP contribution is 2.34. The SMILES string of the molecule is CC(C)(C)[C@H](NC(=O)c1ccc2ccc(Cl)cc2c1OCc1ccc(C(F)(F)F)cc1)C(=O)O. The topological polar surface area (TPSA) is 75.6 Å². The molecule has 0 heterocycles. The van der Waals surface area contributed by atoms with E-state index in [4.69, 9.17) is 16.3 Å². The zero-order chi connectivity index (χ0) is 25.3. The normalized spacial score (nSPS) is 12.9. The summed E-state index contributed by atoms with van der Waals surface area (Å²) in [7, 11) is 0. The Balaban J connectivity index is 1.98. The van der Waals surface area contributed by atoms with Gasteiger partial charge in [-0.15, -0.1) is 0 Å². The van der Waals surface area contributed by atoms with Crippen LogP contribution in [0.1, 0.15) is 42.3 Å². The average molecular weight is 494 g/mol. The highest BCUT2D eigenvalue weighted by Gasteiger charge is 2.34. The number of carboxylic acids is 1. The monoisotopic (exact) mass is 493 g/mol. The third kappa shape index (κ3) is 5.80. The van der Waals surface area contributed by atoms with Gasteiger partial charge in [0, 0.05) is 10.4 Å². The fourth-order valence-corrected chi connectivity index (χ4v) is 3.57. The van der Waals surface area contributed by atoms with Gasteiger partial charge in [0.2, 0.25) is 0 Å². The molecule has 1 atom stereocenters. The summed E-state index contributed by atoms with van der Waals surface area (Å²) in [4.78, 5) is 24.8. The molecule has 3 rings (SSSR count). The maximum atomic E-state index is 13.1. The highest BCUT2D eigenvalue weighted by atomic mass is 35.5. The molecular formula is C25H23ClF3NO4. The first-order valence-corrected chi connectivity index (χ1v) is 10.7. The number of hydrogen-bond acceptors (Lipinski definition) is 3. The molecule has 0 aliphatic heterocycles. The molecule has 180 valence electrons. The number of hydrogen-bond donors (Lipinski definition) is 2. The summed E-state index contributed by atoms with van der Waals surface area (Å²) in [5.74, 6) is -1.70. The van der Waals surface area contributed by atoms with Crippen molar-refractivity contribution < 1.29 is 32.6 Å². The molecule has 0 saturated heterocycles. The second kappa shape index (κ2) is 9.54. The number of carboxylic acid groups (broad SMARTS) is 1. The van der Waals surface area contributed by atoms with E-state index in [1.165, 1.54) is 18.2 Å². The Kier molecular flexibility index (Phi) is 7.12. The molecule has 3 aromatic carbocycles. The zero-order valence-electron chi connectivity index (χ0n) is 18.7. The second-order valence-electron chi connectivity index (χ2n) is 8.90. The summed E-state index contributed by atoms with van der Waals surface area (Å²) in [5, 5.41) is 13.7. The predicted octanol–water partition coefficient (Wildman–Crippen LogP) is 6.32. The lowest BCUT2D eigenvalue weighted by molar-refractivity contribution is -0.142. The standard InChI is InChI=1S/C25H23ClF3NO4/c1-24(2,3)21(23(32)33)30-22(31)18-11-7-15-6-10-17(26)12-19(15)20(18)34-13-14-4-8-16(9-5-14)25(27,28)29/h4-12,21H,13H2,1-3H3,(H,30,31)(H,32,33)/t21-/m1/s1. The quantitative estimate of drug-likeness (QED) is 0.421. The third-order valence-electron chi connectivity index (χ3n) is 5.23. The van der Waals surface area contributed by atoms with Gasteiger partial charge in [-0.1, -0.05) is 56.6 Å². The number of aliphatic carboxylic acids is 1. The van der Waals surface area contributed by atoms with Gasteiger partial charge in [0.1, 0.15) is 18.4 Å². The number of amides is 1. The maximum Gasteiger partial charge on any atom is 0.416 e. The molecule has 5 nitrogen and oxygen atoms in total. The van der Waals surface area contributed by atoms with E-state index < -0.39 is 35.1 Å². The van der Waals surface area contributed by atoms with E-state index in [9.17, 15) is 27.9 Å². The minimum atomic E-state index is -4.45. The smallest absolute Gasteiger partial charge is 0.416 e. The molecule has 0 fully saturated rings. The number of halogens is 4. The summed E-state index contributed by atoms with van der Waals surface area (Å²) in [6.45, 7) is 4.95. The summed E-state index contributed by atoms with van der Waals surface area (Å²) in [6, 6.07) is 11.5. The Morgan fingerprint density at radius 2 is 1.65 bits per heavy atom. The van der Waals surface area contributed by atoms with Gasteiger partial charge in [-0.2, -0.15) is 13.2 Å². The summed E-state index contributed by atoms with van der Waals surface area (Å²) in [6.07, 6.45) is -4.45. The van der Waals surface area contributed by atoms with E-state index in [0.29, 0.717) is 21.4 Å². The molecule has 0 spiro atoms. The van der Waals surface area contributed by atoms with Crippen LogP contribution < -0.4 is 10.1 Å². The zero-order valence-corrected chi connectivity index (χ0v) is 19.4. The Morgan fingerprint density at radius 1 is 1.03 bits per heavy atom. The number of alkyl halides is 3. The molecule has 0 bridgehead atoms. The molecule has 3 aromatic rings. The molecule has 2 N–H and O–H groups in total. The Morgan fingerprint density at radius 3 is 2.21 bits per heavy atom. The maximum absolute atomic E-state index is 13.1. The van der Waals surface area contributed by atoms with Gasteiger partial charge in [-0.25, -0.2) is 4.79 Å². The largest absolute Gasteiger partial charge is 0.487 e. The van der Waals surface area contributed by atoms with Crippen LogP contribution in [-0.4, -0.2) is 23.0 Å². The molecule has 0 aliphatic rings. The number of nitrogens with one attached hydrogen (secondary N) is 1. The molecule has 1 amide bonds. The lowest BCUT2D eigenvalue weighted by Crippen LogP contribution is -2.49. The van der Waals surface area contributed by atoms with Crippen molar-refractivity contribution in [2.75, 3.05) is 0 Å². The molecule has 0 radical (unpaired) electrons. The Hall–Kier alpha value is -3.26. The molecule has 0 unspecified atom stereocenters. The van der Waals surface area contributed by atoms with Crippen molar-refractivity contribution >= 4 is 34.2 Å². The van der Waals surface area contributed by atoms with E-state index in [0.717, 1.165) is 12.1 Å². The van der Waals surface area contributed by atoms with E-state index >= 15 is 0 Å². The van der Waals surface area contributed by atoms with Crippen molar-refractivity contribution in [1.82, 2.24) is 5.32 Å². The average Bonchev–Trinajstić information content (AvgIpc) is 2.74. The first kappa shape index (κ1) is 25.4. The lowest BCUT2D eigenvalue weighted by Gasteiger charge is -2.28. The first-order valence-electron chi connectivity index (χ1n) is 10.3. The molecule has 34 heavy (non-hydrogen) atoms. The van der Waals surface area contributed by atoms with Crippen molar-refractivity contribution in [1.29, 1.82) is 0 Å². The van der Waals surface area contributed by atoms with Crippen molar-refractivity contribution in [2.45, 2.75) is 39.6 Å². The van der Waals surface area contributed by atoms with Crippen LogP contribution in [0.15, 0.2) is 54.6 Å². The van der Waals surface area contributed by atoms with E-state index in [2.05, 4.69) is 5.32 Å². The van der Waals surface area contributed by atoms with Gasteiger partial charge >= 0.3 is 12.1 Å². The van der Waals surface area contributed by atoms with Gasteiger partial charge in [0.05, 0.1) is 11.1 Å². The van der Waals surface area contributed by atoms with Crippen LogP contribution in [0, 0.1) is 5.41 Å². The Labute approximate surface area is 199 Å². The number of ether oxygens (including phenoxy) is 1. The van der Waals surface area contributed by atoms with Gasteiger partial charge in [-0.05, 0) is 46.7 Å². The van der Waals surface area contributed by atoms with E-state index in [-0.39, 0.29) is 17.9 Å². The number of benzene rings is 3. The summed E-state index contributed by atoms with van der Waals surface area (Å²) in [5.41, 5.74) is -1.01. The Bertz CT molecular complexity index is 1220. The highest BCUT2D eigenvalue weighted by molar-refractivity contribution is 6.31. The molecule has 0 aliphatic carbocycles. The lowest BCUT2D eigenvalue weighted by atomic mass is 9.86. The van der Waals surface area contributed by atoms with Crippen LogP contribution in [0.25, 0.3) is 10.8 Å². The van der Waals surface area contributed by atoms with Crippen molar-refractivity contribution in [3.8, 4) is 5.75 Å². The minimum absolute atomic E-state index is 0.0807. The van der Waals surface area contributed by atoms with Crippen LogP contribution in [0.3, 0.4) is 0 Å². The third-order valence-corrected chi connectivity index (χ3v) is 5.47. The molecule has 0 saturated carbocycles. The number of carbonyl (C=O) groups is 2. The number of rotatable bonds is 6. The van der Waals surface area contributed by atoms with Gasteiger partial charge in [0.25, 0.3) is 5.91 Å². The number of fused-ring (bicyclic) bond motifs is 1. The van der Waals surface area contributed by atoms with Crippen LogP contribution in [0.4, 0.5) is 13.2 Å². The van der Waals surface area contributed by atoms with Crippen LogP contribution >= 0.6 is 11.6 Å². The molecule has 0 aromatic heterocycles. The van der Waals surface area contributed by atoms with E-state index in [1.807, 2.05) is 0 Å². The fraction of sp³-hybridized carbons (Fsp3) is 0.280. The van der Waals surface area contributed by atoms with Crippen molar-refractivity contribution in [3.05, 3.63) is 76.3 Å². The van der Waals surface area contributed by atoms with Gasteiger partial charge in [-0.3, -0.25) is 4.79 Å². The summed E-state index contributed by atoms with van der Waals surface area (Å²) >= 11 is 6.15. The van der Waals surface area contributed by atoms with Gasteiger partial charge in [0.15, 0.2) is 0 Å². The van der Waals surface area contributed by atoms with Crippen LogP contribution in [-0.2, 0) is 17.6 Å².